The molecule has 0 aromatic heterocycles. The third kappa shape index (κ3) is 3.31. The molecule has 5 nitrogen and oxygen atoms in total. The van der Waals surface area contributed by atoms with Crippen LogP contribution in [0.15, 0.2) is 11.0 Å². The first kappa shape index (κ1) is 16.9. The smallest absolute Gasteiger partial charge is 0.243 e. The standard InChI is InChI=1S/C14H24N2O3S/c1-6-19-8-7-16(5)20(17,18)14-11(3)10(2)9-13(15)12(14)4/h9H,6-8,15H2,1-5H3. The zero-order valence-corrected chi connectivity index (χ0v) is 13.7. The Morgan fingerprint density at radius 2 is 1.85 bits per heavy atom. The summed E-state index contributed by atoms with van der Waals surface area (Å²) >= 11 is 0. The van der Waals surface area contributed by atoms with Crippen LogP contribution in [0.1, 0.15) is 23.6 Å². The molecule has 0 heterocycles. The summed E-state index contributed by atoms with van der Waals surface area (Å²) in [7, 11) is -1.99. The highest BCUT2D eigenvalue weighted by molar-refractivity contribution is 7.89. The topological polar surface area (TPSA) is 72.6 Å². The van der Waals surface area contributed by atoms with Gasteiger partial charge in [0, 0.05) is 25.9 Å². The number of anilines is 1. The molecule has 6 heteroatoms. The van der Waals surface area contributed by atoms with Crippen molar-refractivity contribution in [1.82, 2.24) is 4.31 Å². The van der Waals surface area contributed by atoms with Crippen molar-refractivity contribution in [3.63, 3.8) is 0 Å². The average molecular weight is 300 g/mol. The molecule has 114 valence electrons. The largest absolute Gasteiger partial charge is 0.398 e. The molecule has 0 spiro atoms. The normalized spacial score (nSPS) is 12.1. The molecule has 0 aliphatic rings. The van der Waals surface area contributed by atoms with E-state index in [9.17, 15) is 8.42 Å². The number of nitrogen functional groups attached to an aromatic ring is 1. The number of likely N-dealkylation sites (N-methyl/N-ethyl adjacent to an activating group) is 1. The number of nitrogens with two attached hydrogens (primary N) is 1. The fourth-order valence-electron chi connectivity index (χ4n) is 2.04. The third-order valence-electron chi connectivity index (χ3n) is 3.50. The molecule has 0 fully saturated rings. The lowest BCUT2D eigenvalue weighted by Gasteiger charge is -2.21. The highest BCUT2D eigenvalue weighted by Crippen LogP contribution is 2.29. The second-order valence-electron chi connectivity index (χ2n) is 4.89. The van der Waals surface area contributed by atoms with Crippen LogP contribution in [0.4, 0.5) is 5.69 Å². The van der Waals surface area contributed by atoms with Gasteiger partial charge in [-0.05, 0) is 50.5 Å². The van der Waals surface area contributed by atoms with E-state index in [1.807, 2.05) is 26.8 Å². The monoisotopic (exact) mass is 300 g/mol. The van der Waals surface area contributed by atoms with Gasteiger partial charge in [-0.2, -0.15) is 4.31 Å². The van der Waals surface area contributed by atoms with Crippen molar-refractivity contribution in [2.24, 2.45) is 0 Å². The minimum absolute atomic E-state index is 0.314. The van der Waals surface area contributed by atoms with Gasteiger partial charge in [-0.3, -0.25) is 0 Å². The summed E-state index contributed by atoms with van der Waals surface area (Å²) in [4.78, 5) is 0.314. The van der Waals surface area contributed by atoms with Crippen LogP contribution in [0.3, 0.4) is 0 Å². The van der Waals surface area contributed by atoms with Crippen molar-refractivity contribution in [3.05, 3.63) is 22.8 Å². The number of sulfonamides is 1. The van der Waals surface area contributed by atoms with E-state index in [2.05, 4.69) is 0 Å². The summed E-state index contributed by atoms with van der Waals surface area (Å²) < 4.78 is 31.9. The summed E-state index contributed by atoms with van der Waals surface area (Å²) in [5.74, 6) is 0. The van der Waals surface area contributed by atoms with Crippen LogP contribution in [-0.4, -0.2) is 39.5 Å². The van der Waals surface area contributed by atoms with Crippen LogP contribution in [0.25, 0.3) is 0 Å². The molecule has 0 saturated heterocycles. The minimum Gasteiger partial charge on any atom is -0.398 e. The number of hydrogen-bond acceptors (Lipinski definition) is 4. The fourth-order valence-corrected chi connectivity index (χ4v) is 3.72. The lowest BCUT2D eigenvalue weighted by Crippen LogP contribution is -2.31. The van der Waals surface area contributed by atoms with Gasteiger partial charge in [0.2, 0.25) is 10.0 Å². The van der Waals surface area contributed by atoms with Gasteiger partial charge in [0.1, 0.15) is 0 Å². The lowest BCUT2D eigenvalue weighted by molar-refractivity contribution is 0.138. The van der Waals surface area contributed by atoms with Crippen LogP contribution in [0, 0.1) is 20.8 Å². The quantitative estimate of drug-likeness (QED) is 0.643. The second-order valence-corrected chi connectivity index (χ2v) is 6.87. The van der Waals surface area contributed by atoms with E-state index in [4.69, 9.17) is 10.5 Å². The van der Waals surface area contributed by atoms with E-state index in [1.54, 1.807) is 14.0 Å². The first-order valence-electron chi connectivity index (χ1n) is 6.63. The molecule has 0 aliphatic carbocycles. The Balaban J connectivity index is 3.22. The van der Waals surface area contributed by atoms with Gasteiger partial charge in [0.25, 0.3) is 0 Å². The molecule has 0 bridgehead atoms. The number of benzene rings is 1. The van der Waals surface area contributed by atoms with E-state index < -0.39 is 10.0 Å². The summed E-state index contributed by atoms with van der Waals surface area (Å²) in [6, 6.07) is 1.81. The zero-order valence-electron chi connectivity index (χ0n) is 12.9. The van der Waals surface area contributed by atoms with Gasteiger partial charge in [-0.15, -0.1) is 0 Å². The Labute approximate surface area is 121 Å². The zero-order chi connectivity index (χ0) is 15.5. The molecule has 1 rings (SSSR count). The first-order chi connectivity index (χ1) is 9.23. The maximum Gasteiger partial charge on any atom is 0.243 e. The van der Waals surface area contributed by atoms with Gasteiger partial charge in [0.05, 0.1) is 11.5 Å². The first-order valence-corrected chi connectivity index (χ1v) is 8.07. The van der Waals surface area contributed by atoms with Crippen molar-refractivity contribution in [3.8, 4) is 0 Å². The predicted octanol–water partition coefficient (Wildman–Crippen LogP) is 1.85. The predicted molar refractivity (Wildman–Crippen MR) is 81.4 cm³/mol. The number of ether oxygens (including phenoxy) is 1. The molecule has 20 heavy (non-hydrogen) atoms. The van der Waals surface area contributed by atoms with E-state index in [0.717, 1.165) is 11.1 Å². The molecule has 0 radical (unpaired) electrons. The highest BCUT2D eigenvalue weighted by atomic mass is 32.2. The molecule has 0 atom stereocenters. The van der Waals surface area contributed by atoms with Crippen LogP contribution in [-0.2, 0) is 14.8 Å². The van der Waals surface area contributed by atoms with Crippen molar-refractivity contribution in [1.29, 1.82) is 0 Å². The van der Waals surface area contributed by atoms with Crippen LogP contribution < -0.4 is 5.73 Å². The molecule has 1 aromatic carbocycles. The molecular weight excluding hydrogens is 276 g/mol. The Kier molecular flexibility index (Phi) is 5.56. The molecule has 0 unspecified atom stereocenters. The Bertz CT molecular complexity index is 556. The molecular formula is C14H24N2O3S. The van der Waals surface area contributed by atoms with E-state index in [0.29, 0.717) is 35.9 Å². The van der Waals surface area contributed by atoms with E-state index in [1.165, 1.54) is 4.31 Å². The Hall–Kier alpha value is -1.11. The summed E-state index contributed by atoms with van der Waals surface area (Å²) in [5.41, 5.74) is 8.64. The van der Waals surface area contributed by atoms with Crippen LogP contribution in [0.2, 0.25) is 0 Å². The number of nitrogens with zero attached hydrogens (tertiary/aromatic N) is 1. The Morgan fingerprint density at radius 1 is 1.25 bits per heavy atom. The summed E-state index contributed by atoms with van der Waals surface area (Å²) in [6.45, 7) is 8.57. The molecule has 0 aliphatic heterocycles. The molecule has 0 saturated carbocycles. The SMILES string of the molecule is CCOCCN(C)S(=O)(=O)c1c(C)c(C)cc(N)c1C. The van der Waals surface area contributed by atoms with Gasteiger partial charge in [-0.1, -0.05) is 0 Å². The van der Waals surface area contributed by atoms with Crippen molar-refractivity contribution in [2.45, 2.75) is 32.6 Å². The van der Waals surface area contributed by atoms with Gasteiger partial charge in [-0.25, -0.2) is 8.42 Å². The van der Waals surface area contributed by atoms with Crippen LogP contribution >= 0.6 is 0 Å². The second kappa shape index (κ2) is 6.56. The maximum absolute atomic E-state index is 12.7. The maximum atomic E-state index is 12.7. The van der Waals surface area contributed by atoms with Gasteiger partial charge in [0.15, 0.2) is 0 Å². The van der Waals surface area contributed by atoms with Gasteiger partial charge >= 0.3 is 0 Å². The van der Waals surface area contributed by atoms with Crippen molar-refractivity contribution >= 4 is 15.7 Å². The number of aryl methyl sites for hydroxylation is 1. The Morgan fingerprint density at radius 3 is 2.40 bits per heavy atom. The van der Waals surface area contributed by atoms with E-state index >= 15 is 0 Å². The highest BCUT2D eigenvalue weighted by Gasteiger charge is 2.26. The van der Waals surface area contributed by atoms with E-state index in [-0.39, 0.29) is 0 Å². The third-order valence-corrected chi connectivity index (χ3v) is 5.63. The van der Waals surface area contributed by atoms with Crippen molar-refractivity contribution in [2.75, 3.05) is 32.5 Å². The number of rotatable bonds is 6. The van der Waals surface area contributed by atoms with Crippen LogP contribution in [0.5, 0.6) is 0 Å². The molecule has 1 aromatic rings. The summed E-state index contributed by atoms with van der Waals surface area (Å²) in [6.07, 6.45) is 0. The molecule has 2 N–H and O–H groups in total. The van der Waals surface area contributed by atoms with Crippen molar-refractivity contribution < 1.29 is 13.2 Å². The molecule has 0 amide bonds. The fraction of sp³-hybridized carbons (Fsp3) is 0.571. The average Bonchev–Trinajstić information content (AvgIpc) is 2.36. The lowest BCUT2D eigenvalue weighted by atomic mass is 10.1. The summed E-state index contributed by atoms with van der Waals surface area (Å²) in [5, 5.41) is 0. The number of hydrogen-bond donors (Lipinski definition) is 1. The minimum atomic E-state index is -3.55. The van der Waals surface area contributed by atoms with Gasteiger partial charge < -0.3 is 10.5 Å².